The molecule has 1 atom stereocenters. The highest BCUT2D eigenvalue weighted by Crippen LogP contribution is 2.27. The van der Waals surface area contributed by atoms with E-state index in [1.807, 2.05) is 19.1 Å². The Labute approximate surface area is 131 Å². The molecule has 112 valence electrons. The largest absolute Gasteiger partial charge is 0.496 e. The topological polar surface area (TPSA) is 35.2 Å². The summed E-state index contributed by atoms with van der Waals surface area (Å²) in [5, 5.41) is 0. The van der Waals surface area contributed by atoms with Gasteiger partial charge in [0.1, 0.15) is 17.4 Å². The standard InChI is InChI=1S/C16H16BrF2NO/c1-9-7-10(3-6-15(9)21-2)14(20)8-11-13(18)5-4-12(17)16(11)19/h3-7,14H,8,20H2,1-2H3. The summed E-state index contributed by atoms with van der Waals surface area (Å²) in [7, 11) is 1.59. The van der Waals surface area contributed by atoms with E-state index in [1.54, 1.807) is 13.2 Å². The first-order chi connectivity index (χ1) is 9.93. The molecule has 0 aliphatic rings. The molecule has 2 aromatic rings. The molecule has 0 bridgehead atoms. The second-order valence-electron chi connectivity index (χ2n) is 4.86. The van der Waals surface area contributed by atoms with E-state index in [0.717, 1.165) is 16.9 Å². The average Bonchev–Trinajstić information content (AvgIpc) is 2.47. The number of methoxy groups -OCH3 is 1. The fourth-order valence-electron chi connectivity index (χ4n) is 2.23. The van der Waals surface area contributed by atoms with Gasteiger partial charge in [-0.05, 0) is 58.6 Å². The highest BCUT2D eigenvalue weighted by molar-refractivity contribution is 9.10. The molecule has 0 saturated carbocycles. The van der Waals surface area contributed by atoms with Crippen molar-refractivity contribution in [2.45, 2.75) is 19.4 Å². The van der Waals surface area contributed by atoms with Crippen LogP contribution in [0.3, 0.4) is 0 Å². The Morgan fingerprint density at radius 3 is 2.57 bits per heavy atom. The van der Waals surface area contributed by atoms with Crippen molar-refractivity contribution in [3.8, 4) is 5.75 Å². The molecule has 0 fully saturated rings. The van der Waals surface area contributed by atoms with Gasteiger partial charge in [0, 0.05) is 11.6 Å². The third kappa shape index (κ3) is 3.41. The minimum Gasteiger partial charge on any atom is -0.496 e. The molecule has 5 heteroatoms. The van der Waals surface area contributed by atoms with Gasteiger partial charge in [0.05, 0.1) is 11.6 Å². The molecule has 1 unspecified atom stereocenters. The molecule has 0 spiro atoms. The summed E-state index contributed by atoms with van der Waals surface area (Å²) in [6, 6.07) is 7.57. The molecular weight excluding hydrogens is 340 g/mol. The quantitative estimate of drug-likeness (QED) is 0.830. The van der Waals surface area contributed by atoms with E-state index in [0.29, 0.717) is 0 Å². The Bertz CT molecular complexity index is 661. The van der Waals surface area contributed by atoms with Crippen molar-refractivity contribution in [1.29, 1.82) is 0 Å². The number of rotatable bonds is 4. The third-order valence-electron chi connectivity index (χ3n) is 3.41. The van der Waals surface area contributed by atoms with Gasteiger partial charge in [-0.1, -0.05) is 12.1 Å². The lowest BCUT2D eigenvalue weighted by Gasteiger charge is -2.15. The number of nitrogens with two attached hydrogens (primary N) is 1. The number of ether oxygens (including phenoxy) is 1. The van der Waals surface area contributed by atoms with Crippen LogP contribution in [0.2, 0.25) is 0 Å². The summed E-state index contributed by atoms with van der Waals surface area (Å²) < 4.78 is 33.2. The van der Waals surface area contributed by atoms with Crippen LogP contribution in [0.1, 0.15) is 22.7 Å². The summed E-state index contributed by atoms with van der Waals surface area (Å²) in [6.07, 6.45) is 0.0862. The molecule has 0 aromatic heterocycles. The second-order valence-corrected chi connectivity index (χ2v) is 5.72. The average molecular weight is 356 g/mol. The Balaban J connectivity index is 2.28. The molecular formula is C16H16BrF2NO. The SMILES string of the molecule is COc1ccc(C(N)Cc2c(F)ccc(Br)c2F)cc1C. The van der Waals surface area contributed by atoms with Crippen LogP contribution < -0.4 is 10.5 Å². The van der Waals surface area contributed by atoms with Crippen LogP contribution in [0.15, 0.2) is 34.8 Å². The first-order valence-electron chi connectivity index (χ1n) is 6.46. The summed E-state index contributed by atoms with van der Waals surface area (Å²) in [4.78, 5) is 0. The van der Waals surface area contributed by atoms with Crippen LogP contribution >= 0.6 is 15.9 Å². The van der Waals surface area contributed by atoms with Crippen molar-refractivity contribution in [2.75, 3.05) is 7.11 Å². The van der Waals surface area contributed by atoms with Crippen LogP contribution in [0.25, 0.3) is 0 Å². The second kappa shape index (κ2) is 6.54. The molecule has 0 amide bonds. The molecule has 0 heterocycles. The zero-order chi connectivity index (χ0) is 15.6. The molecule has 0 radical (unpaired) electrons. The Morgan fingerprint density at radius 1 is 1.24 bits per heavy atom. The van der Waals surface area contributed by atoms with E-state index in [9.17, 15) is 8.78 Å². The van der Waals surface area contributed by atoms with Gasteiger partial charge in [0.25, 0.3) is 0 Å². The van der Waals surface area contributed by atoms with Crippen molar-refractivity contribution >= 4 is 15.9 Å². The van der Waals surface area contributed by atoms with Gasteiger partial charge in [-0.15, -0.1) is 0 Å². The molecule has 21 heavy (non-hydrogen) atoms. The monoisotopic (exact) mass is 355 g/mol. The van der Waals surface area contributed by atoms with Gasteiger partial charge in [-0.2, -0.15) is 0 Å². The van der Waals surface area contributed by atoms with Gasteiger partial charge < -0.3 is 10.5 Å². The Hall–Kier alpha value is -1.46. The highest BCUT2D eigenvalue weighted by Gasteiger charge is 2.17. The maximum atomic E-state index is 14.0. The third-order valence-corrected chi connectivity index (χ3v) is 4.02. The smallest absolute Gasteiger partial charge is 0.143 e. The van der Waals surface area contributed by atoms with Crippen molar-refractivity contribution in [3.63, 3.8) is 0 Å². The number of hydrogen-bond donors (Lipinski definition) is 1. The van der Waals surface area contributed by atoms with Crippen molar-refractivity contribution < 1.29 is 13.5 Å². The summed E-state index contributed by atoms with van der Waals surface area (Å²) >= 11 is 3.06. The number of benzene rings is 2. The summed E-state index contributed by atoms with van der Waals surface area (Å²) in [5.41, 5.74) is 7.82. The fourth-order valence-corrected chi connectivity index (χ4v) is 2.60. The number of aryl methyl sites for hydroxylation is 1. The van der Waals surface area contributed by atoms with E-state index in [4.69, 9.17) is 10.5 Å². The molecule has 2 nitrogen and oxygen atoms in total. The van der Waals surface area contributed by atoms with Crippen LogP contribution in [0.4, 0.5) is 8.78 Å². The molecule has 2 N–H and O–H groups in total. The Morgan fingerprint density at radius 2 is 1.95 bits per heavy atom. The maximum absolute atomic E-state index is 14.0. The normalized spacial score (nSPS) is 12.3. The molecule has 2 aromatic carbocycles. The minimum absolute atomic E-state index is 0.00894. The predicted octanol–water partition coefficient (Wildman–Crippen LogP) is 4.29. The lowest BCUT2D eigenvalue weighted by molar-refractivity contribution is 0.411. The molecule has 0 aliphatic carbocycles. The van der Waals surface area contributed by atoms with E-state index in [-0.39, 0.29) is 16.5 Å². The van der Waals surface area contributed by atoms with E-state index in [1.165, 1.54) is 12.1 Å². The lowest BCUT2D eigenvalue weighted by atomic mass is 9.97. The predicted molar refractivity (Wildman–Crippen MR) is 82.4 cm³/mol. The van der Waals surface area contributed by atoms with Crippen LogP contribution in [0.5, 0.6) is 5.75 Å². The molecule has 0 saturated heterocycles. The first-order valence-corrected chi connectivity index (χ1v) is 7.25. The fraction of sp³-hybridized carbons (Fsp3) is 0.250. The highest BCUT2D eigenvalue weighted by atomic mass is 79.9. The van der Waals surface area contributed by atoms with Crippen LogP contribution in [-0.4, -0.2) is 7.11 Å². The van der Waals surface area contributed by atoms with Gasteiger partial charge >= 0.3 is 0 Å². The van der Waals surface area contributed by atoms with Crippen molar-refractivity contribution in [2.24, 2.45) is 5.73 Å². The lowest BCUT2D eigenvalue weighted by Crippen LogP contribution is -2.15. The van der Waals surface area contributed by atoms with Crippen LogP contribution in [0, 0.1) is 18.6 Å². The van der Waals surface area contributed by atoms with E-state index < -0.39 is 17.7 Å². The van der Waals surface area contributed by atoms with Crippen molar-refractivity contribution in [3.05, 3.63) is 63.1 Å². The van der Waals surface area contributed by atoms with E-state index >= 15 is 0 Å². The molecule has 0 aliphatic heterocycles. The number of halogens is 3. The first kappa shape index (κ1) is 15.9. The number of hydrogen-bond acceptors (Lipinski definition) is 2. The van der Waals surface area contributed by atoms with Gasteiger partial charge in [-0.3, -0.25) is 0 Å². The maximum Gasteiger partial charge on any atom is 0.143 e. The minimum atomic E-state index is -0.601. The molecule has 2 rings (SSSR count). The van der Waals surface area contributed by atoms with E-state index in [2.05, 4.69) is 15.9 Å². The van der Waals surface area contributed by atoms with Crippen LogP contribution in [-0.2, 0) is 6.42 Å². The summed E-state index contributed by atoms with van der Waals surface area (Å²) in [6.45, 7) is 1.90. The summed E-state index contributed by atoms with van der Waals surface area (Å²) in [5.74, 6) is -0.433. The zero-order valence-corrected chi connectivity index (χ0v) is 13.4. The Kier molecular flexibility index (Phi) is 4.96. The van der Waals surface area contributed by atoms with Gasteiger partial charge in [0.2, 0.25) is 0 Å². The van der Waals surface area contributed by atoms with Gasteiger partial charge in [0.15, 0.2) is 0 Å². The van der Waals surface area contributed by atoms with Crippen molar-refractivity contribution in [1.82, 2.24) is 0 Å². The zero-order valence-electron chi connectivity index (χ0n) is 11.8. The van der Waals surface area contributed by atoms with Gasteiger partial charge in [-0.25, -0.2) is 8.78 Å².